The molecule has 1 saturated carbocycles. The molecule has 7 nitrogen and oxygen atoms in total. The number of nitrogens with one attached hydrogen (secondary N) is 1. The van der Waals surface area contributed by atoms with E-state index in [1.165, 1.54) is 16.6 Å². The SMILES string of the molecule is Cn1nc(-c2n[nH]c3ccc(OC4(C)CC4)cc23)cc(N2CCCC(F)(F)C2)c1=O. The van der Waals surface area contributed by atoms with Crippen molar-refractivity contribution < 1.29 is 13.5 Å². The van der Waals surface area contributed by atoms with Gasteiger partial charge in [-0.3, -0.25) is 9.89 Å². The molecule has 2 fully saturated rings. The molecule has 5 rings (SSSR count). The number of aromatic amines is 1. The fraction of sp³-hybridized carbons (Fsp3) is 0.476. The predicted molar refractivity (Wildman–Crippen MR) is 109 cm³/mol. The number of H-pyrrole nitrogens is 1. The van der Waals surface area contributed by atoms with Gasteiger partial charge in [-0.25, -0.2) is 13.5 Å². The van der Waals surface area contributed by atoms with Crippen LogP contribution in [-0.2, 0) is 7.05 Å². The first-order valence-corrected chi connectivity index (χ1v) is 10.1. The molecule has 158 valence electrons. The van der Waals surface area contributed by atoms with Crippen molar-refractivity contribution in [2.24, 2.45) is 7.05 Å². The van der Waals surface area contributed by atoms with Gasteiger partial charge in [0.05, 0.1) is 12.1 Å². The van der Waals surface area contributed by atoms with Crippen molar-refractivity contribution in [1.29, 1.82) is 0 Å². The highest BCUT2D eigenvalue weighted by molar-refractivity contribution is 5.93. The molecular formula is C21H23F2N5O2. The van der Waals surface area contributed by atoms with Gasteiger partial charge < -0.3 is 9.64 Å². The molecule has 1 N–H and O–H groups in total. The zero-order valence-electron chi connectivity index (χ0n) is 16.9. The van der Waals surface area contributed by atoms with Crippen LogP contribution in [0.25, 0.3) is 22.3 Å². The number of benzene rings is 1. The summed E-state index contributed by atoms with van der Waals surface area (Å²) in [6.45, 7) is 2.01. The van der Waals surface area contributed by atoms with E-state index in [-0.39, 0.29) is 17.7 Å². The van der Waals surface area contributed by atoms with Crippen molar-refractivity contribution in [3.63, 3.8) is 0 Å². The Labute approximate surface area is 171 Å². The van der Waals surface area contributed by atoms with Gasteiger partial charge in [0.25, 0.3) is 11.5 Å². The summed E-state index contributed by atoms with van der Waals surface area (Å²) in [5.74, 6) is -2.07. The second-order valence-corrected chi connectivity index (χ2v) is 8.56. The van der Waals surface area contributed by atoms with Crippen LogP contribution in [0.15, 0.2) is 29.1 Å². The van der Waals surface area contributed by atoms with E-state index in [0.717, 1.165) is 29.5 Å². The van der Waals surface area contributed by atoms with E-state index < -0.39 is 18.0 Å². The van der Waals surface area contributed by atoms with Gasteiger partial charge in [-0.1, -0.05) is 0 Å². The Morgan fingerprint density at radius 3 is 2.73 bits per heavy atom. The highest BCUT2D eigenvalue weighted by Crippen LogP contribution is 2.40. The van der Waals surface area contributed by atoms with E-state index in [4.69, 9.17) is 4.74 Å². The molecule has 0 radical (unpaired) electrons. The minimum absolute atomic E-state index is 0.112. The minimum atomic E-state index is -2.81. The molecule has 1 saturated heterocycles. The average molecular weight is 415 g/mol. The Kier molecular flexibility index (Phi) is 4.13. The molecule has 0 amide bonds. The quantitative estimate of drug-likeness (QED) is 0.706. The van der Waals surface area contributed by atoms with E-state index >= 15 is 0 Å². The predicted octanol–water partition coefficient (Wildman–Crippen LogP) is 3.49. The molecule has 0 atom stereocenters. The maximum Gasteiger partial charge on any atom is 0.290 e. The molecule has 1 aliphatic carbocycles. The molecule has 0 unspecified atom stereocenters. The fourth-order valence-corrected chi connectivity index (χ4v) is 3.92. The van der Waals surface area contributed by atoms with Crippen molar-refractivity contribution in [3.05, 3.63) is 34.6 Å². The van der Waals surface area contributed by atoms with Crippen LogP contribution < -0.4 is 15.2 Å². The minimum Gasteiger partial charge on any atom is -0.488 e. The number of nitrogens with zero attached hydrogens (tertiary/aromatic N) is 4. The van der Waals surface area contributed by atoms with E-state index in [9.17, 15) is 13.6 Å². The standard InChI is InChI=1S/C21H23F2N5O2/c1-20(7-8-20)30-13-4-5-15-14(10-13)18(25-24-15)16-11-17(19(29)27(2)26-16)28-9-3-6-21(22,23)12-28/h4-5,10-11H,3,6-9,12H2,1-2H3,(H,24,25). The van der Waals surface area contributed by atoms with Gasteiger partial charge in [0.2, 0.25) is 0 Å². The lowest BCUT2D eigenvalue weighted by atomic mass is 10.1. The largest absolute Gasteiger partial charge is 0.488 e. The summed E-state index contributed by atoms with van der Waals surface area (Å²) >= 11 is 0. The number of anilines is 1. The molecule has 2 aromatic heterocycles. The van der Waals surface area contributed by atoms with Crippen LogP contribution in [0.3, 0.4) is 0 Å². The van der Waals surface area contributed by atoms with Gasteiger partial charge >= 0.3 is 0 Å². The molecular weight excluding hydrogens is 392 g/mol. The number of fused-ring (bicyclic) bond motifs is 1. The Morgan fingerprint density at radius 2 is 2.00 bits per heavy atom. The Bertz CT molecular complexity index is 1180. The van der Waals surface area contributed by atoms with Crippen LogP contribution >= 0.6 is 0 Å². The molecule has 3 heterocycles. The van der Waals surface area contributed by atoms with E-state index in [1.807, 2.05) is 18.2 Å². The number of ether oxygens (including phenoxy) is 1. The number of halogens is 2. The summed E-state index contributed by atoms with van der Waals surface area (Å²) in [7, 11) is 1.52. The van der Waals surface area contributed by atoms with E-state index in [2.05, 4.69) is 22.2 Å². The number of alkyl halides is 2. The fourth-order valence-electron chi connectivity index (χ4n) is 3.92. The van der Waals surface area contributed by atoms with Gasteiger partial charge in [-0.2, -0.15) is 10.2 Å². The van der Waals surface area contributed by atoms with E-state index in [0.29, 0.717) is 24.4 Å². The maximum absolute atomic E-state index is 13.9. The first-order valence-electron chi connectivity index (χ1n) is 10.1. The highest BCUT2D eigenvalue weighted by atomic mass is 19.3. The first-order chi connectivity index (χ1) is 14.2. The van der Waals surface area contributed by atoms with Crippen LogP contribution in [0.4, 0.5) is 14.5 Å². The zero-order valence-corrected chi connectivity index (χ0v) is 16.9. The molecule has 1 aromatic carbocycles. The van der Waals surface area contributed by atoms with Crippen molar-refractivity contribution >= 4 is 16.6 Å². The Balaban J connectivity index is 1.57. The van der Waals surface area contributed by atoms with Crippen LogP contribution in [0.1, 0.15) is 32.6 Å². The smallest absolute Gasteiger partial charge is 0.290 e. The summed E-state index contributed by atoms with van der Waals surface area (Å²) in [4.78, 5) is 14.1. The third kappa shape index (κ3) is 3.42. The average Bonchev–Trinajstić information content (AvgIpc) is 3.26. The molecule has 0 bridgehead atoms. The normalized spacial score (nSPS) is 19.8. The van der Waals surface area contributed by atoms with Crippen molar-refractivity contribution in [2.75, 3.05) is 18.0 Å². The lowest BCUT2D eigenvalue weighted by Gasteiger charge is -2.33. The van der Waals surface area contributed by atoms with Crippen molar-refractivity contribution in [2.45, 2.75) is 44.1 Å². The van der Waals surface area contributed by atoms with Gasteiger partial charge in [-0.15, -0.1) is 0 Å². The van der Waals surface area contributed by atoms with Crippen LogP contribution in [0.2, 0.25) is 0 Å². The molecule has 2 aliphatic rings. The number of rotatable bonds is 4. The Morgan fingerprint density at radius 1 is 1.20 bits per heavy atom. The molecule has 0 spiro atoms. The Hall–Kier alpha value is -2.97. The summed E-state index contributed by atoms with van der Waals surface area (Å²) in [5, 5.41) is 12.5. The second kappa shape index (κ2) is 6.52. The summed E-state index contributed by atoms with van der Waals surface area (Å²) < 4.78 is 35.1. The number of aromatic nitrogens is 4. The zero-order chi connectivity index (χ0) is 21.1. The topological polar surface area (TPSA) is 76.0 Å². The maximum atomic E-state index is 13.9. The lowest BCUT2D eigenvalue weighted by molar-refractivity contribution is -0.0117. The lowest BCUT2D eigenvalue weighted by Crippen LogP contribution is -2.45. The van der Waals surface area contributed by atoms with E-state index in [1.54, 1.807) is 6.07 Å². The second-order valence-electron chi connectivity index (χ2n) is 8.56. The monoisotopic (exact) mass is 415 g/mol. The third-order valence-electron chi connectivity index (χ3n) is 5.87. The van der Waals surface area contributed by atoms with Gasteiger partial charge in [0.1, 0.15) is 28.4 Å². The van der Waals surface area contributed by atoms with Crippen LogP contribution in [-0.4, -0.2) is 44.6 Å². The number of piperidine rings is 1. The summed E-state index contributed by atoms with van der Waals surface area (Å²) in [5.41, 5.74) is 1.51. The van der Waals surface area contributed by atoms with Gasteiger partial charge in [0, 0.05) is 25.4 Å². The molecule has 9 heteroatoms. The van der Waals surface area contributed by atoms with Crippen LogP contribution in [0.5, 0.6) is 5.75 Å². The molecule has 30 heavy (non-hydrogen) atoms. The number of hydrogen-bond donors (Lipinski definition) is 1. The molecule has 1 aliphatic heterocycles. The first kappa shape index (κ1) is 19.0. The summed E-state index contributed by atoms with van der Waals surface area (Å²) in [6.07, 6.45) is 2.22. The number of hydrogen-bond acceptors (Lipinski definition) is 5. The van der Waals surface area contributed by atoms with Gasteiger partial charge in [-0.05, 0) is 50.5 Å². The third-order valence-corrected chi connectivity index (χ3v) is 5.87. The van der Waals surface area contributed by atoms with Crippen molar-refractivity contribution in [1.82, 2.24) is 20.0 Å². The molecule has 3 aromatic rings. The number of aryl methyl sites for hydroxylation is 1. The highest BCUT2D eigenvalue weighted by Gasteiger charge is 2.40. The van der Waals surface area contributed by atoms with Crippen LogP contribution in [0, 0.1) is 0 Å². The summed E-state index contributed by atoms with van der Waals surface area (Å²) in [6, 6.07) is 7.25. The van der Waals surface area contributed by atoms with Gasteiger partial charge in [0.15, 0.2) is 0 Å². The van der Waals surface area contributed by atoms with Crippen molar-refractivity contribution in [3.8, 4) is 17.1 Å².